The van der Waals surface area contributed by atoms with Crippen molar-refractivity contribution in [3.05, 3.63) is 94.5 Å². The molecule has 0 fully saturated rings. The summed E-state index contributed by atoms with van der Waals surface area (Å²) in [6, 6.07) is 21.3. The summed E-state index contributed by atoms with van der Waals surface area (Å²) < 4.78 is 32.0. The Bertz CT molecular complexity index is 1180. The summed E-state index contributed by atoms with van der Waals surface area (Å²) >= 11 is 6.10. The first kappa shape index (κ1) is 23.6. The van der Waals surface area contributed by atoms with Gasteiger partial charge in [-0.05, 0) is 42.3 Å². The molecule has 0 spiro atoms. The second-order valence-electron chi connectivity index (χ2n) is 7.29. The second kappa shape index (κ2) is 10.5. The molecule has 1 N–H and O–H groups in total. The maximum absolute atomic E-state index is 12.9. The molecule has 1 amide bonds. The molecule has 0 saturated heterocycles. The van der Waals surface area contributed by atoms with Crippen LogP contribution in [0.5, 0.6) is 5.75 Å². The van der Waals surface area contributed by atoms with Crippen molar-refractivity contribution in [2.45, 2.75) is 13.5 Å². The van der Waals surface area contributed by atoms with E-state index in [1.54, 1.807) is 30.3 Å². The number of carbonyl (C=O) groups is 1. The molecule has 6 nitrogen and oxygen atoms in total. The van der Waals surface area contributed by atoms with Crippen molar-refractivity contribution >= 4 is 33.2 Å². The number of nitrogens with one attached hydrogen (secondary N) is 1. The average Bonchev–Trinajstić information content (AvgIpc) is 2.77. The number of carbonyl (C=O) groups excluding carboxylic acids is 1. The van der Waals surface area contributed by atoms with E-state index >= 15 is 0 Å². The molecule has 0 heterocycles. The van der Waals surface area contributed by atoms with Gasteiger partial charge in [-0.1, -0.05) is 60.1 Å². The molecule has 3 aromatic carbocycles. The van der Waals surface area contributed by atoms with Crippen LogP contribution in [-0.4, -0.2) is 33.7 Å². The van der Waals surface area contributed by atoms with Gasteiger partial charge in [-0.2, -0.15) is 0 Å². The number of anilines is 1. The van der Waals surface area contributed by atoms with Crippen molar-refractivity contribution in [3.63, 3.8) is 0 Å². The summed E-state index contributed by atoms with van der Waals surface area (Å²) in [5, 5.41) is 3.40. The topological polar surface area (TPSA) is 75.7 Å². The van der Waals surface area contributed by atoms with E-state index in [9.17, 15) is 13.2 Å². The second-order valence-corrected chi connectivity index (χ2v) is 9.60. The summed E-state index contributed by atoms with van der Waals surface area (Å²) in [4.78, 5) is 12.9. The van der Waals surface area contributed by atoms with E-state index in [0.717, 1.165) is 17.4 Å². The van der Waals surface area contributed by atoms with Gasteiger partial charge < -0.3 is 10.1 Å². The lowest BCUT2D eigenvalue weighted by Crippen LogP contribution is -2.33. The Labute approximate surface area is 193 Å². The predicted octanol–water partition coefficient (Wildman–Crippen LogP) is 4.42. The van der Waals surface area contributed by atoms with Gasteiger partial charge in [0.25, 0.3) is 5.91 Å². The van der Waals surface area contributed by atoms with Crippen molar-refractivity contribution in [2.24, 2.45) is 0 Å². The molecule has 3 rings (SSSR count). The van der Waals surface area contributed by atoms with E-state index in [-0.39, 0.29) is 31.2 Å². The molecule has 8 heteroatoms. The van der Waals surface area contributed by atoms with Gasteiger partial charge in [0.2, 0.25) is 10.0 Å². The number of sulfonamides is 1. The van der Waals surface area contributed by atoms with Gasteiger partial charge in [0.15, 0.2) is 0 Å². The zero-order valence-electron chi connectivity index (χ0n) is 17.9. The van der Waals surface area contributed by atoms with Crippen LogP contribution >= 0.6 is 11.6 Å². The van der Waals surface area contributed by atoms with Crippen LogP contribution in [0.1, 0.15) is 21.5 Å². The fourth-order valence-corrected chi connectivity index (χ4v) is 4.18. The summed E-state index contributed by atoms with van der Waals surface area (Å²) in [5.41, 5.74) is 2.36. The van der Waals surface area contributed by atoms with Crippen molar-refractivity contribution in [3.8, 4) is 5.75 Å². The van der Waals surface area contributed by atoms with E-state index in [1.807, 2.05) is 49.4 Å². The number of halogens is 1. The largest absolute Gasteiger partial charge is 0.492 e. The molecule has 0 aliphatic heterocycles. The number of ether oxygens (including phenoxy) is 1. The highest BCUT2D eigenvalue weighted by atomic mass is 35.5. The van der Waals surface area contributed by atoms with Gasteiger partial charge in [0, 0.05) is 5.02 Å². The minimum atomic E-state index is -3.62. The number of hydrogen-bond donors (Lipinski definition) is 1. The lowest BCUT2D eigenvalue weighted by molar-refractivity contribution is 0.0947. The van der Waals surface area contributed by atoms with Gasteiger partial charge in [-0.25, -0.2) is 8.42 Å². The molecule has 0 radical (unpaired) electrons. The number of para-hydroxylation sites is 1. The molecular formula is C24H25ClN2O4S. The fourth-order valence-electron chi connectivity index (χ4n) is 3.11. The summed E-state index contributed by atoms with van der Waals surface area (Å²) in [6.07, 6.45) is 1.13. The molecule has 0 aromatic heterocycles. The van der Waals surface area contributed by atoms with Crippen LogP contribution in [0.3, 0.4) is 0 Å². The Morgan fingerprint density at radius 2 is 1.72 bits per heavy atom. The van der Waals surface area contributed by atoms with Crippen molar-refractivity contribution < 1.29 is 17.9 Å². The van der Waals surface area contributed by atoms with Crippen molar-refractivity contribution in [2.75, 3.05) is 23.7 Å². The third-order valence-corrected chi connectivity index (χ3v) is 6.32. The van der Waals surface area contributed by atoms with Crippen LogP contribution in [0.4, 0.5) is 5.69 Å². The minimum Gasteiger partial charge on any atom is -0.492 e. The summed E-state index contributed by atoms with van der Waals surface area (Å²) in [6.45, 7) is 2.52. The van der Waals surface area contributed by atoms with Gasteiger partial charge in [0.05, 0.1) is 30.6 Å². The number of amides is 1. The Morgan fingerprint density at radius 3 is 2.41 bits per heavy atom. The van der Waals surface area contributed by atoms with Crippen LogP contribution in [0, 0.1) is 6.92 Å². The summed E-state index contributed by atoms with van der Waals surface area (Å²) in [5.74, 6) is 0.231. The zero-order valence-corrected chi connectivity index (χ0v) is 19.5. The lowest BCUT2D eigenvalue weighted by atomic mass is 10.1. The highest BCUT2D eigenvalue weighted by Gasteiger charge is 2.23. The molecular weight excluding hydrogens is 448 g/mol. The Hall–Kier alpha value is -3.03. The molecule has 0 aliphatic rings. The van der Waals surface area contributed by atoms with Crippen molar-refractivity contribution in [1.82, 2.24) is 5.32 Å². The first-order valence-corrected chi connectivity index (χ1v) is 12.3. The Kier molecular flexibility index (Phi) is 7.77. The van der Waals surface area contributed by atoms with Crippen LogP contribution in [0.25, 0.3) is 0 Å². The number of hydrogen-bond acceptors (Lipinski definition) is 4. The monoisotopic (exact) mass is 472 g/mol. The van der Waals surface area contributed by atoms with E-state index in [0.29, 0.717) is 16.5 Å². The van der Waals surface area contributed by atoms with E-state index in [1.165, 1.54) is 4.31 Å². The zero-order chi connectivity index (χ0) is 23.1. The van der Waals surface area contributed by atoms with Gasteiger partial charge >= 0.3 is 0 Å². The molecule has 0 bridgehead atoms. The van der Waals surface area contributed by atoms with E-state index < -0.39 is 10.0 Å². The average molecular weight is 473 g/mol. The maximum atomic E-state index is 12.9. The Balaban J connectivity index is 1.71. The fraction of sp³-hybridized carbons (Fsp3) is 0.208. The molecule has 3 aromatic rings. The standard InChI is InChI=1S/C24H25ClN2O4S/c1-18-12-13-20(16-22(18)25)31-15-14-26-24(28)21-10-6-7-11-23(21)27(32(2,29)30)17-19-8-4-3-5-9-19/h3-13,16H,14-15,17H2,1-2H3,(H,26,28). The normalized spacial score (nSPS) is 11.1. The lowest BCUT2D eigenvalue weighted by Gasteiger charge is -2.24. The summed E-state index contributed by atoms with van der Waals surface area (Å²) in [7, 11) is -3.62. The van der Waals surface area contributed by atoms with Crippen LogP contribution in [0.15, 0.2) is 72.8 Å². The number of nitrogens with zero attached hydrogens (tertiary/aromatic N) is 1. The molecule has 32 heavy (non-hydrogen) atoms. The SMILES string of the molecule is Cc1ccc(OCCNC(=O)c2ccccc2N(Cc2ccccc2)S(C)(=O)=O)cc1Cl. The van der Waals surface area contributed by atoms with Gasteiger partial charge in [-0.3, -0.25) is 9.10 Å². The Morgan fingerprint density at radius 1 is 1.03 bits per heavy atom. The van der Waals surface area contributed by atoms with Crippen molar-refractivity contribution in [1.29, 1.82) is 0 Å². The first-order valence-electron chi connectivity index (χ1n) is 10.0. The smallest absolute Gasteiger partial charge is 0.253 e. The predicted molar refractivity (Wildman–Crippen MR) is 128 cm³/mol. The number of aryl methyl sites for hydroxylation is 1. The highest BCUT2D eigenvalue weighted by Crippen LogP contribution is 2.25. The van der Waals surface area contributed by atoms with Crippen LogP contribution in [0.2, 0.25) is 5.02 Å². The molecule has 0 saturated carbocycles. The highest BCUT2D eigenvalue weighted by molar-refractivity contribution is 7.92. The third kappa shape index (κ3) is 6.24. The van der Waals surface area contributed by atoms with Crippen LogP contribution in [-0.2, 0) is 16.6 Å². The quantitative estimate of drug-likeness (QED) is 0.467. The number of benzene rings is 3. The molecule has 168 valence electrons. The maximum Gasteiger partial charge on any atom is 0.253 e. The first-order chi connectivity index (χ1) is 15.3. The number of rotatable bonds is 9. The van der Waals surface area contributed by atoms with Crippen LogP contribution < -0.4 is 14.4 Å². The van der Waals surface area contributed by atoms with Gasteiger partial charge in [-0.15, -0.1) is 0 Å². The molecule has 0 aliphatic carbocycles. The van der Waals surface area contributed by atoms with Gasteiger partial charge in [0.1, 0.15) is 12.4 Å². The van der Waals surface area contributed by atoms with E-state index in [4.69, 9.17) is 16.3 Å². The third-order valence-electron chi connectivity index (χ3n) is 4.79. The van der Waals surface area contributed by atoms with E-state index in [2.05, 4.69) is 5.32 Å². The molecule has 0 unspecified atom stereocenters. The molecule has 0 atom stereocenters. The minimum absolute atomic E-state index is 0.126.